The van der Waals surface area contributed by atoms with Gasteiger partial charge < -0.3 is 19.7 Å². The van der Waals surface area contributed by atoms with Crippen molar-refractivity contribution >= 4 is 11.8 Å². The zero-order valence-electron chi connectivity index (χ0n) is 14.1. The summed E-state index contributed by atoms with van der Waals surface area (Å²) in [6.07, 6.45) is 3.17. The Morgan fingerprint density at radius 3 is 2.77 bits per heavy atom. The molecule has 0 aliphatic carbocycles. The van der Waals surface area contributed by atoms with E-state index in [1.807, 2.05) is 11.8 Å². The first-order valence-electron chi connectivity index (χ1n) is 8.32. The van der Waals surface area contributed by atoms with Crippen LogP contribution in [0.15, 0.2) is 0 Å². The number of likely N-dealkylation sites (tertiary alicyclic amines) is 1. The van der Waals surface area contributed by atoms with Crippen LogP contribution in [-0.4, -0.2) is 61.8 Å². The van der Waals surface area contributed by atoms with Crippen LogP contribution in [0, 0.1) is 0 Å². The van der Waals surface area contributed by atoms with Gasteiger partial charge >= 0.3 is 0 Å². The maximum absolute atomic E-state index is 12.1. The van der Waals surface area contributed by atoms with Crippen LogP contribution < -0.4 is 5.32 Å². The average molecular weight is 314 g/mol. The van der Waals surface area contributed by atoms with Gasteiger partial charge in [-0.2, -0.15) is 0 Å². The van der Waals surface area contributed by atoms with Crippen LogP contribution >= 0.6 is 0 Å². The zero-order chi connectivity index (χ0) is 16.4. The molecule has 1 saturated heterocycles. The van der Waals surface area contributed by atoms with Gasteiger partial charge in [0.05, 0.1) is 13.2 Å². The summed E-state index contributed by atoms with van der Waals surface area (Å²) in [5, 5.41) is 2.76. The van der Waals surface area contributed by atoms with Gasteiger partial charge in [-0.1, -0.05) is 0 Å². The van der Waals surface area contributed by atoms with E-state index in [9.17, 15) is 9.59 Å². The van der Waals surface area contributed by atoms with Crippen molar-refractivity contribution in [1.82, 2.24) is 10.2 Å². The van der Waals surface area contributed by atoms with Gasteiger partial charge in [-0.15, -0.1) is 0 Å². The van der Waals surface area contributed by atoms with Crippen LogP contribution in [0.4, 0.5) is 0 Å². The van der Waals surface area contributed by atoms with Gasteiger partial charge in [-0.25, -0.2) is 0 Å². The van der Waals surface area contributed by atoms with E-state index in [-0.39, 0.29) is 11.8 Å². The minimum absolute atomic E-state index is 0.123. The van der Waals surface area contributed by atoms with Gasteiger partial charge in [-0.05, 0) is 40.0 Å². The van der Waals surface area contributed by atoms with Crippen molar-refractivity contribution in [3.05, 3.63) is 0 Å². The van der Waals surface area contributed by atoms with Crippen LogP contribution in [-0.2, 0) is 19.1 Å². The van der Waals surface area contributed by atoms with E-state index in [1.165, 1.54) is 6.42 Å². The molecule has 1 aliphatic rings. The molecule has 6 heteroatoms. The van der Waals surface area contributed by atoms with E-state index in [4.69, 9.17) is 9.47 Å². The summed E-state index contributed by atoms with van der Waals surface area (Å²) in [6, 6.07) is 0.317. The molecule has 0 aromatic heterocycles. The number of carbonyl (C=O) groups excluding carboxylic acids is 2. The Bertz CT molecular complexity index is 349. The van der Waals surface area contributed by atoms with Crippen molar-refractivity contribution in [2.45, 2.75) is 58.6 Å². The minimum Gasteiger partial charge on any atom is -0.379 e. The number of nitrogens with zero attached hydrogens (tertiary/aromatic N) is 1. The summed E-state index contributed by atoms with van der Waals surface area (Å²) in [5.74, 6) is -0.0617. The lowest BCUT2D eigenvalue weighted by Crippen LogP contribution is -2.44. The summed E-state index contributed by atoms with van der Waals surface area (Å²) in [4.78, 5) is 25.9. The van der Waals surface area contributed by atoms with Crippen LogP contribution in [0.3, 0.4) is 0 Å². The molecule has 0 spiro atoms. The first kappa shape index (κ1) is 18.9. The Morgan fingerprint density at radius 2 is 2.09 bits per heavy atom. The normalized spacial score (nSPS) is 19.8. The SMILES string of the molecule is CCOCCO[C@H](C)C(=O)NCCC(=O)N1CCCC[C@H]1C. The predicted octanol–water partition coefficient (Wildman–Crippen LogP) is 1.34. The van der Waals surface area contributed by atoms with Crippen molar-refractivity contribution in [3.8, 4) is 0 Å². The monoisotopic (exact) mass is 314 g/mol. The largest absolute Gasteiger partial charge is 0.379 e. The zero-order valence-corrected chi connectivity index (χ0v) is 14.1. The lowest BCUT2D eigenvalue weighted by atomic mass is 10.0. The standard InChI is InChI=1S/C16H30N2O4/c1-4-21-11-12-22-14(3)16(20)17-9-8-15(19)18-10-6-5-7-13(18)2/h13-14H,4-12H2,1-3H3,(H,17,20)/t13-,14-/m1/s1. The molecule has 6 nitrogen and oxygen atoms in total. The van der Waals surface area contributed by atoms with Gasteiger partial charge in [0, 0.05) is 32.2 Å². The molecule has 0 unspecified atom stereocenters. The Morgan fingerprint density at radius 1 is 1.32 bits per heavy atom. The molecule has 128 valence electrons. The molecule has 0 saturated carbocycles. The smallest absolute Gasteiger partial charge is 0.248 e. The third kappa shape index (κ3) is 6.75. The van der Waals surface area contributed by atoms with Crippen molar-refractivity contribution in [3.63, 3.8) is 0 Å². The first-order chi connectivity index (χ1) is 10.6. The molecule has 0 aromatic carbocycles. The molecule has 0 aromatic rings. The Hall–Kier alpha value is -1.14. The third-order valence-electron chi connectivity index (χ3n) is 3.93. The van der Waals surface area contributed by atoms with Crippen molar-refractivity contribution in [1.29, 1.82) is 0 Å². The van der Waals surface area contributed by atoms with Crippen LogP contribution in [0.1, 0.15) is 46.5 Å². The lowest BCUT2D eigenvalue weighted by Gasteiger charge is -2.33. The van der Waals surface area contributed by atoms with E-state index in [1.54, 1.807) is 6.92 Å². The van der Waals surface area contributed by atoms with Gasteiger partial charge in [0.25, 0.3) is 0 Å². The molecule has 0 radical (unpaired) electrons. The predicted molar refractivity (Wildman–Crippen MR) is 84.6 cm³/mol. The fourth-order valence-electron chi connectivity index (χ4n) is 2.55. The van der Waals surface area contributed by atoms with E-state index in [2.05, 4.69) is 12.2 Å². The third-order valence-corrected chi connectivity index (χ3v) is 3.93. The quantitative estimate of drug-likeness (QED) is 0.652. The van der Waals surface area contributed by atoms with E-state index in [0.717, 1.165) is 19.4 Å². The average Bonchev–Trinajstić information content (AvgIpc) is 2.51. The van der Waals surface area contributed by atoms with Crippen LogP contribution in [0.2, 0.25) is 0 Å². The number of hydrogen-bond acceptors (Lipinski definition) is 4. The van der Waals surface area contributed by atoms with Gasteiger partial charge in [0.2, 0.25) is 11.8 Å². The molecule has 1 N–H and O–H groups in total. The highest BCUT2D eigenvalue weighted by Gasteiger charge is 2.23. The van der Waals surface area contributed by atoms with Gasteiger partial charge in [-0.3, -0.25) is 9.59 Å². The fraction of sp³-hybridized carbons (Fsp3) is 0.875. The molecular weight excluding hydrogens is 284 g/mol. The molecule has 2 amide bonds. The Balaban J connectivity index is 2.16. The number of amides is 2. The highest BCUT2D eigenvalue weighted by Crippen LogP contribution is 2.16. The molecule has 0 bridgehead atoms. The van der Waals surface area contributed by atoms with E-state index in [0.29, 0.717) is 38.8 Å². The second kappa shape index (κ2) is 10.6. The summed E-state index contributed by atoms with van der Waals surface area (Å²) >= 11 is 0. The summed E-state index contributed by atoms with van der Waals surface area (Å²) in [7, 11) is 0. The topological polar surface area (TPSA) is 67.9 Å². The Labute approximate surface area is 133 Å². The molecule has 1 heterocycles. The van der Waals surface area contributed by atoms with Crippen LogP contribution in [0.5, 0.6) is 0 Å². The summed E-state index contributed by atoms with van der Waals surface area (Å²) in [6.45, 7) is 8.42. The highest BCUT2D eigenvalue weighted by atomic mass is 16.5. The molecule has 1 rings (SSSR count). The van der Waals surface area contributed by atoms with Gasteiger partial charge in [0.15, 0.2) is 0 Å². The molecule has 22 heavy (non-hydrogen) atoms. The number of nitrogens with one attached hydrogen (secondary N) is 1. The molecular formula is C16H30N2O4. The lowest BCUT2D eigenvalue weighted by molar-refractivity contribution is -0.135. The first-order valence-corrected chi connectivity index (χ1v) is 8.32. The number of hydrogen-bond donors (Lipinski definition) is 1. The minimum atomic E-state index is -0.524. The second-order valence-electron chi connectivity index (χ2n) is 5.68. The van der Waals surface area contributed by atoms with Crippen molar-refractivity contribution in [2.75, 3.05) is 32.9 Å². The number of ether oxygens (including phenoxy) is 2. The maximum Gasteiger partial charge on any atom is 0.248 e. The van der Waals surface area contributed by atoms with Crippen LogP contribution in [0.25, 0.3) is 0 Å². The Kier molecular flexibility index (Phi) is 9.08. The maximum atomic E-state index is 12.1. The molecule has 1 aliphatic heterocycles. The van der Waals surface area contributed by atoms with E-state index < -0.39 is 6.10 Å². The molecule has 2 atom stereocenters. The van der Waals surface area contributed by atoms with Crippen molar-refractivity contribution in [2.24, 2.45) is 0 Å². The van der Waals surface area contributed by atoms with Crippen molar-refractivity contribution < 1.29 is 19.1 Å². The second-order valence-corrected chi connectivity index (χ2v) is 5.68. The fourth-order valence-corrected chi connectivity index (χ4v) is 2.55. The molecule has 1 fully saturated rings. The summed E-state index contributed by atoms with van der Waals surface area (Å²) in [5.41, 5.74) is 0. The van der Waals surface area contributed by atoms with Gasteiger partial charge in [0.1, 0.15) is 6.10 Å². The summed E-state index contributed by atoms with van der Waals surface area (Å²) < 4.78 is 10.5. The number of carbonyl (C=O) groups is 2. The number of piperidine rings is 1. The van der Waals surface area contributed by atoms with E-state index >= 15 is 0 Å². The number of rotatable bonds is 9. The highest BCUT2D eigenvalue weighted by molar-refractivity contribution is 5.81.